The van der Waals surface area contributed by atoms with Crippen LogP contribution in [0.5, 0.6) is 0 Å². The van der Waals surface area contributed by atoms with Crippen molar-refractivity contribution in [1.29, 1.82) is 0 Å². The number of benzene rings is 3. The van der Waals surface area contributed by atoms with Gasteiger partial charge in [-0.15, -0.1) is 29.0 Å². The van der Waals surface area contributed by atoms with Gasteiger partial charge in [0.1, 0.15) is 11.4 Å². The summed E-state index contributed by atoms with van der Waals surface area (Å²) in [6.45, 7) is 19.4. The number of nitrogens with zero attached hydrogens (tertiary/aromatic N) is 1. The minimum atomic E-state index is -1.35. The molecule has 1 N–H and O–H groups in total. The van der Waals surface area contributed by atoms with E-state index in [0.717, 1.165) is 58.0 Å². The quantitative estimate of drug-likeness (QED) is 0.0644. The summed E-state index contributed by atoms with van der Waals surface area (Å²) in [4.78, 5) is 17.8. The van der Waals surface area contributed by atoms with E-state index >= 15 is 0 Å². The topological polar surface area (TPSA) is 63.3 Å². The molecule has 8 heteroatoms. The van der Waals surface area contributed by atoms with E-state index in [4.69, 9.17) is 9.40 Å². The van der Waals surface area contributed by atoms with Crippen molar-refractivity contribution in [3.63, 3.8) is 0 Å². The molecular formula is C43H49FIrNO3SSi-. The van der Waals surface area contributed by atoms with Gasteiger partial charge in [-0.1, -0.05) is 94.7 Å². The number of aromatic nitrogens is 1. The van der Waals surface area contributed by atoms with Crippen molar-refractivity contribution in [2.24, 2.45) is 11.8 Å². The molecule has 4 nitrogen and oxygen atoms in total. The molecule has 0 aliphatic rings. The molecule has 0 aliphatic heterocycles. The SMILES string of the molecule is CCC(CC)C(=O)/C=C(\O)C(CC)CC.Cc1[c-]c(-c2nccc3c(C)c(-c4ccc([Si](C)(C)C)cc4)sc23)c2oc3cc(F)ccc3c2c1.[Ir]. The number of hydrogen-bond donors (Lipinski definition) is 1. The maximum Gasteiger partial charge on any atom is 0.162 e. The van der Waals surface area contributed by atoms with Crippen LogP contribution in [0, 0.1) is 37.6 Å². The van der Waals surface area contributed by atoms with Crippen LogP contribution in [0.15, 0.2) is 77.0 Å². The smallest absolute Gasteiger partial charge is 0.162 e. The van der Waals surface area contributed by atoms with Crippen LogP contribution in [-0.2, 0) is 24.9 Å². The summed E-state index contributed by atoms with van der Waals surface area (Å²) in [5.74, 6) is 0.240. The van der Waals surface area contributed by atoms with Gasteiger partial charge >= 0.3 is 0 Å². The van der Waals surface area contributed by atoms with Gasteiger partial charge in [-0.2, -0.15) is 0 Å². The number of pyridine rings is 1. The van der Waals surface area contributed by atoms with Crippen molar-refractivity contribution in [1.82, 2.24) is 4.98 Å². The number of halogens is 1. The van der Waals surface area contributed by atoms with E-state index in [-0.39, 0.29) is 49.3 Å². The number of allylic oxidation sites excluding steroid dienone is 2. The van der Waals surface area contributed by atoms with Gasteiger partial charge in [0, 0.05) is 70.9 Å². The van der Waals surface area contributed by atoms with Crippen LogP contribution >= 0.6 is 11.3 Å². The second-order valence-electron chi connectivity index (χ2n) is 14.2. The first-order valence-corrected chi connectivity index (χ1v) is 22.1. The van der Waals surface area contributed by atoms with Gasteiger partial charge in [-0.25, -0.2) is 4.39 Å². The molecule has 6 aromatic rings. The Morgan fingerprint density at radius 3 is 2.18 bits per heavy atom. The molecule has 0 unspecified atom stereocenters. The van der Waals surface area contributed by atoms with Crippen molar-refractivity contribution in [3.8, 4) is 21.7 Å². The molecule has 6 rings (SSSR count). The molecule has 271 valence electrons. The molecule has 0 spiro atoms. The number of aliphatic hydroxyl groups is 1. The maximum atomic E-state index is 13.9. The molecule has 0 saturated heterocycles. The van der Waals surface area contributed by atoms with Crippen LogP contribution in [0.3, 0.4) is 0 Å². The summed E-state index contributed by atoms with van der Waals surface area (Å²) in [7, 11) is -1.35. The van der Waals surface area contributed by atoms with Crippen LogP contribution in [0.1, 0.15) is 64.5 Å². The van der Waals surface area contributed by atoms with Crippen molar-refractivity contribution < 1.29 is 38.8 Å². The molecule has 0 aliphatic carbocycles. The molecule has 0 fully saturated rings. The van der Waals surface area contributed by atoms with Gasteiger partial charge in [0.05, 0.1) is 19.4 Å². The molecule has 0 atom stereocenters. The molecule has 3 heterocycles. The summed E-state index contributed by atoms with van der Waals surface area (Å²) < 4.78 is 21.2. The Bertz CT molecular complexity index is 2170. The molecule has 3 aromatic carbocycles. The maximum absolute atomic E-state index is 13.9. The Kier molecular flexibility index (Phi) is 13.4. The number of hydrogen-bond acceptors (Lipinski definition) is 5. The van der Waals surface area contributed by atoms with Crippen molar-refractivity contribution in [3.05, 3.63) is 95.6 Å². The van der Waals surface area contributed by atoms with E-state index in [0.29, 0.717) is 11.2 Å². The molecule has 51 heavy (non-hydrogen) atoms. The van der Waals surface area contributed by atoms with Crippen LogP contribution < -0.4 is 5.19 Å². The number of thiophene rings is 1. The monoisotopic (exact) mass is 899 g/mol. The van der Waals surface area contributed by atoms with Crippen LogP contribution in [0.4, 0.5) is 4.39 Å². The molecule has 1 radical (unpaired) electrons. The average Bonchev–Trinajstić information content (AvgIpc) is 3.62. The zero-order valence-electron chi connectivity index (χ0n) is 31.2. The van der Waals surface area contributed by atoms with Gasteiger partial charge in [0.2, 0.25) is 0 Å². The van der Waals surface area contributed by atoms with E-state index in [2.05, 4.69) is 63.0 Å². The first kappa shape index (κ1) is 40.3. The fourth-order valence-electron chi connectivity index (χ4n) is 6.59. The van der Waals surface area contributed by atoms with E-state index in [1.54, 1.807) is 17.4 Å². The first-order valence-electron chi connectivity index (χ1n) is 17.8. The summed E-state index contributed by atoms with van der Waals surface area (Å²) in [6, 6.07) is 21.4. The predicted octanol–water partition coefficient (Wildman–Crippen LogP) is 12.5. The van der Waals surface area contributed by atoms with Gasteiger partial charge in [-0.05, 0) is 67.3 Å². The van der Waals surface area contributed by atoms with Crippen molar-refractivity contribution in [2.75, 3.05) is 0 Å². The molecule has 0 saturated carbocycles. The fourth-order valence-corrected chi connectivity index (χ4v) is 9.07. The third-order valence-electron chi connectivity index (χ3n) is 9.79. The average molecular weight is 899 g/mol. The third-order valence-corrected chi connectivity index (χ3v) is 13.2. The van der Waals surface area contributed by atoms with Gasteiger partial charge in [0.25, 0.3) is 0 Å². The number of ketones is 1. The predicted molar refractivity (Wildman–Crippen MR) is 213 cm³/mol. The number of carbonyl (C=O) groups excluding carboxylic acids is 1. The van der Waals surface area contributed by atoms with Crippen LogP contribution in [0.25, 0.3) is 53.7 Å². The zero-order valence-corrected chi connectivity index (χ0v) is 35.4. The fraction of sp³-hybridized carbons (Fsp3) is 0.349. The summed E-state index contributed by atoms with van der Waals surface area (Å²) >= 11 is 1.76. The van der Waals surface area contributed by atoms with E-state index in [1.807, 2.05) is 46.9 Å². The molecule has 0 bridgehead atoms. The number of aryl methyl sites for hydroxylation is 2. The van der Waals surface area contributed by atoms with Gasteiger partial charge in [-0.3, -0.25) is 4.79 Å². The number of carbonyl (C=O) groups is 1. The largest absolute Gasteiger partial charge is 0.512 e. The van der Waals surface area contributed by atoms with Crippen molar-refractivity contribution >= 4 is 62.4 Å². The number of furan rings is 1. The van der Waals surface area contributed by atoms with Crippen LogP contribution in [0.2, 0.25) is 19.6 Å². The van der Waals surface area contributed by atoms with Gasteiger partial charge in [0.15, 0.2) is 5.78 Å². The minimum absolute atomic E-state index is 0. The van der Waals surface area contributed by atoms with Gasteiger partial charge < -0.3 is 14.5 Å². The Balaban J connectivity index is 0.000000312. The van der Waals surface area contributed by atoms with E-state index in [9.17, 15) is 14.3 Å². The minimum Gasteiger partial charge on any atom is -0.512 e. The number of aliphatic hydroxyl groups excluding tert-OH is 1. The second kappa shape index (κ2) is 16.9. The number of fused-ring (bicyclic) bond motifs is 4. The van der Waals surface area contributed by atoms with Crippen LogP contribution in [-0.4, -0.2) is 23.9 Å². The Morgan fingerprint density at radius 2 is 1.57 bits per heavy atom. The van der Waals surface area contributed by atoms with E-state index in [1.165, 1.54) is 44.8 Å². The summed E-state index contributed by atoms with van der Waals surface area (Å²) in [5, 5.41) is 14.3. The Hall–Kier alpha value is -3.42. The first-order chi connectivity index (χ1) is 23.8. The molecular weight excluding hydrogens is 850 g/mol. The second-order valence-corrected chi connectivity index (χ2v) is 20.3. The molecule has 0 amide bonds. The standard InChI is InChI=1S/C30H25FNOSSi.C13H24O2.Ir/c1-17-14-24-23-11-8-20(31)16-26(23)33-28(24)25(15-17)27-30-22(12-13-32-27)18(2)29(34-30)19-6-9-21(10-7-19)35(3,4)5;1-5-10(6-2)12(14)9-13(15)11(7-3)8-4;/h6-14,16H,1-5H3;9-11,14H,5-8H2,1-4H3;/q-1;;/b;12-9-;. The van der Waals surface area contributed by atoms with Crippen molar-refractivity contribution in [2.45, 2.75) is 86.9 Å². The normalized spacial score (nSPS) is 12.1. The summed E-state index contributed by atoms with van der Waals surface area (Å²) in [6.07, 6.45) is 6.77. The Morgan fingerprint density at radius 1 is 0.922 bits per heavy atom. The Labute approximate surface area is 320 Å². The number of rotatable bonds is 10. The summed E-state index contributed by atoms with van der Waals surface area (Å²) in [5.41, 5.74) is 6.40. The third kappa shape index (κ3) is 8.63. The van der Waals surface area contributed by atoms with E-state index < -0.39 is 8.07 Å². The molecule has 3 aromatic heterocycles. The zero-order chi connectivity index (χ0) is 36.3.